The Kier molecular flexibility index (Phi) is 6.94. The molecule has 0 saturated carbocycles. The monoisotopic (exact) mass is 576 g/mol. The van der Waals surface area contributed by atoms with E-state index in [1.165, 1.54) is 76.5 Å². The molecule has 2 saturated heterocycles. The second-order valence-corrected chi connectivity index (χ2v) is 9.37. The average Bonchev–Trinajstić information content (AvgIpc) is 3.55. The van der Waals surface area contributed by atoms with Crippen molar-refractivity contribution in [3.63, 3.8) is 0 Å². The summed E-state index contributed by atoms with van der Waals surface area (Å²) in [6.07, 6.45) is -6.14. The van der Waals surface area contributed by atoms with Crippen molar-refractivity contribution in [1.29, 1.82) is 5.26 Å². The first-order valence-corrected chi connectivity index (χ1v) is 12.0. The standard InChI is InChI=1S/C25H20ClF3N6O5/c1-39-20-12-32(21(36)9-18(20)17-8-15(26)5-2-14(17)11-30)19-10-22(40-25(27,28)29)33-23(19)35(33)34(31)16-6-3-13(4-7-16)24(37)38/h2-9,12,19,22-23H,10,31H2,1H3,(H,37,38). The number of methoxy groups -OCH3 is 1. The van der Waals surface area contributed by atoms with Gasteiger partial charge in [0.2, 0.25) is 0 Å². The summed E-state index contributed by atoms with van der Waals surface area (Å²) in [6, 6.07) is 12.3. The van der Waals surface area contributed by atoms with Gasteiger partial charge in [0.05, 0.1) is 42.2 Å². The van der Waals surface area contributed by atoms with Crippen LogP contribution in [0, 0.1) is 11.3 Å². The van der Waals surface area contributed by atoms with Gasteiger partial charge in [0.25, 0.3) is 5.56 Å². The fraction of sp³-hybridized carbons (Fsp3) is 0.240. The quantitative estimate of drug-likeness (QED) is 0.243. The molecule has 15 heteroatoms. The van der Waals surface area contributed by atoms with Crippen LogP contribution in [-0.2, 0) is 4.74 Å². The fourth-order valence-electron chi connectivity index (χ4n) is 4.88. The van der Waals surface area contributed by atoms with Crippen molar-refractivity contribution in [1.82, 2.24) is 14.7 Å². The zero-order valence-corrected chi connectivity index (χ0v) is 21.3. The van der Waals surface area contributed by atoms with Crippen molar-refractivity contribution < 1.29 is 32.5 Å². The predicted octanol–water partition coefficient (Wildman–Crippen LogP) is 3.71. The van der Waals surface area contributed by atoms with Crippen molar-refractivity contribution in [2.75, 3.05) is 12.2 Å². The molecule has 3 aromatic rings. The van der Waals surface area contributed by atoms with Crippen LogP contribution in [-0.4, -0.2) is 51.6 Å². The smallest absolute Gasteiger partial charge is 0.495 e. The third-order valence-electron chi connectivity index (χ3n) is 6.65. The molecule has 40 heavy (non-hydrogen) atoms. The SMILES string of the molecule is COc1cn(C2CC(OC(F)(F)F)N3C2N3N(N)c2ccc(C(=O)O)cc2)c(=O)cc1-c1cc(Cl)ccc1C#N. The van der Waals surface area contributed by atoms with Gasteiger partial charge in [-0.25, -0.2) is 15.8 Å². The third kappa shape index (κ3) is 4.96. The molecule has 2 fully saturated rings. The van der Waals surface area contributed by atoms with Gasteiger partial charge < -0.3 is 14.4 Å². The Morgan fingerprint density at radius 1 is 1.20 bits per heavy atom. The molecule has 208 valence electrons. The highest BCUT2D eigenvalue weighted by molar-refractivity contribution is 6.31. The highest BCUT2D eigenvalue weighted by atomic mass is 35.5. The van der Waals surface area contributed by atoms with Crippen molar-refractivity contribution in [2.45, 2.75) is 31.2 Å². The molecule has 5 unspecified atom stereocenters. The second-order valence-electron chi connectivity index (χ2n) is 8.93. The topological polar surface area (TPSA) is 137 Å². The summed E-state index contributed by atoms with van der Waals surface area (Å²) >= 11 is 6.11. The molecule has 11 nitrogen and oxygen atoms in total. The number of hydrazine groups is 3. The fourth-order valence-corrected chi connectivity index (χ4v) is 5.06. The lowest BCUT2D eigenvalue weighted by molar-refractivity contribution is -0.356. The lowest BCUT2D eigenvalue weighted by Crippen LogP contribution is -2.45. The molecule has 2 aliphatic rings. The number of pyridine rings is 1. The molecule has 3 heterocycles. The number of aromatic nitrogens is 1. The molecule has 0 radical (unpaired) electrons. The number of nitriles is 1. The van der Waals surface area contributed by atoms with Gasteiger partial charge in [-0.05, 0) is 42.5 Å². The molecule has 2 aromatic carbocycles. The van der Waals surface area contributed by atoms with Gasteiger partial charge in [-0.2, -0.15) is 10.3 Å². The number of benzene rings is 2. The molecule has 0 bridgehead atoms. The number of nitrogens with zero attached hydrogens (tertiary/aromatic N) is 5. The Morgan fingerprint density at radius 2 is 1.90 bits per heavy atom. The summed E-state index contributed by atoms with van der Waals surface area (Å²) in [5.74, 6) is 5.23. The lowest BCUT2D eigenvalue weighted by Gasteiger charge is -2.28. The minimum atomic E-state index is -4.96. The van der Waals surface area contributed by atoms with E-state index < -0.39 is 36.3 Å². The molecule has 5 atom stereocenters. The Bertz CT molecular complexity index is 1580. The van der Waals surface area contributed by atoms with Gasteiger partial charge in [-0.3, -0.25) is 9.53 Å². The van der Waals surface area contributed by atoms with Gasteiger partial charge in [-0.1, -0.05) is 11.6 Å². The number of aromatic carboxylic acids is 1. The second kappa shape index (κ2) is 10.1. The number of hydrogen-bond donors (Lipinski definition) is 2. The average molecular weight is 577 g/mol. The molecular formula is C25H20ClF3N6O5. The molecular weight excluding hydrogens is 557 g/mol. The van der Waals surface area contributed by atoms with E-state index in [0.717, 1.165) is 5.12 Å². The van der Waals surface area contributed by atoms with E-state index in [2.05, 4.69) is 4.74 Å². The van der Waals surface area contributed by atoms with Gasteiger partial charge in [0, 0.05) is 28.6 Å². The Labute approximate surface area is 229 Å². The molecule has 0 aliphatic carbocycles. The maximum absolute atomic E-state index is 13.3. The normalized spacial score (nSPS) is 23.3. The predicted molar refractivity (Wildman–Crippen MR) is 135 cm³/mol. The highest BCUT2D eigenvalue weighted by Crippen LogP contribution is 2.50. The van der Waals surface area contributed by atoms with Crippen molar-refractivity contribution in [2.24, 2.45) is 5.84 Å². The summed E-state index contributed by atoms with van der Waals surface area (Å²) in [5.41, 5.74) is 0.595. The maximum Gasteiger partial charge on any atom is 0.524 e. The van der Waals surface area contributed by atoms with Crippen LogP contribution >= 0.6 is 11.6 Å². The van der Waals surface area contributed by atoms with E-state index >= 15 is 0 Å². The van der Waals surface area contributed by atoms with E-state index in [0.29, 0.717) is 10.6 Å². The van der Waals surface area contributed by atoms with Crippen LogP contribution in [0.3, 0.4) is 0 Å². The van der Waals surface area contributed by atoms with E-state index in [4.69, 9.17) is 27.3 Å². The van der Waals surface area contributed by atoms with Gasteiger partial charge >= 0.3 is 12.3 Å². The van der Waals surface area contributed by atoms with Crippen LogP contribution in [0.15, 0.2) is 59.5 Å². The number of carboxylic acid groups (broad SMARTS) is 1. The number of ether oxygens (including phenoxy) is 2. The van der Waals surface area contributed by atoms with Crippen LogP contribution in [0.25, 0.3) is 11.1 Å². The van der Waals surface area contributed by atoms with E-state index in [-0.39, 0.29) is 34.5 Å². The number of fused-ring (bicyclic) bond motifs is 1. The summed E-state index contributed by atoms with van der Waals surface area (Å²) in [4.78, 5) is 24.5. The first-order chi connectivity index (χ1) is 18.9. The number of nitrogens with two attached hydrogens (primary N) is 1. The van der Waals surface area contributed by atoms with E-state index in [1.54, 1.807) is 0 Å². The summed E-state index contributed by atoms with van der Waals surface area (Å²) < 4.78 is 50.8. The molecule has 5 rings (SSSR count). The molecule has 2 aliphatic heterocycles. The van der Waals surface area contributed by atoms with Crippen LogP contribution < -0.4 is 21.3 Å². The van der Waals surface area contributed by atoms with Crippen molar-refractivity contribution >= 4 is 23.3 Å². The molecule has 0 spiro atoms. The minimum Gasteiger partial charge on any atom is -0.495 e. The van der Waals surface area contributed by atoms with Crippen molar-refractivity contribution in [3.05, 3.63) is 81.2 Å². The molecule has 0 amide bonds. The zero-order valence-electron chi connectivity index (χ0n) is 20.5. The molecule has 3 N–H and O–H groups in total. The zero-order chi connectivity index (χ0) is 28.9. The number of carboxylic acids is 1. The number of anilines is 1. The van der Waals surface area contributed by atoms with Crippen LogP contribution in [0.1, 0.15) is 28.4 Å². The highest BCUT2D eigenvalue weighted by Gasteiger charge is 2.65. The maximum atomic E-state index is 13.3. The summed E-state index contributed by atoms with van der Waals surface area (Å²) in [7, 11) is 1.35. The van der Waals surface area contributed by atoms with Gasteiger partial charge in [0.15, 0.2) is 0 Å². The number of carbonyl (C=O) groups is 1. The first-order valence-electron chi connectivity index (χ1n) is 11.6. The largest absolute Gasteiger partial charge is 0.524 e. The Hall–Kier alpha value is -4.13. The van der Waals surface area contributed by atoms with Crippen LogP contribution in [0.2, 0.25) is 5.02 Å². The minimum absolute atomic E-state index is 0.00222. The summed E-state index contributed by atoms with van der Waals surface area (Å²) in [6.45, 7) is 0. The van der Waals surface area contributed by atoms with Crippen LogP contribution in [0.5, 0.6) is 5.75 Å². The van der Waals surface area contributed by atoms with Gasteiger partial charge in [-0.15, -0.1) is 18.3 Å². The Morgan fingerprint density at radius 3 is 2.50 bits per heavy atom. The van der Waals surface area contributed by atoms with Crippen molar-refractivity contribution in [3.8, 4) is 22.9 Å². The molecule has 1 aromatic heterocycles. The van der Waals surface area contributed by atoms with E-state index in [1.807, 2.05) is 6.07 Å². The number of halogens is 4. The van der Waals surface area contributed by atoms with E-state index in [9.17, 15) is 28.0 Å². The number of rotatable bonds is 7. The van der Waals surface area contributed by atoms with Gasteiger partial charge in [0.1, 0.15) is 18.1 Å². The number of alkyl halides is 3. The summed E-state index contributed by atoms with van der Waals surface area (Å²) in [5, 5.41) is 22.6. The number of hydrogen-bond acceptors (Lipinski definition) is 9. The Balaban J connectivity index is 1.52. The third-order valence-corrected chi connectivity index (χ3v) is 6.89. The lowest BCUT2D eigenvalue weighted by atomic mass is 10.00. The van der Waals surface area contributed by atoms with Crippen LogP contribution in [0.4, 0.5) is 18.9 Å². The first kappa shape index (κ1) is 27.4.